The summed E-state index contributed by atoms with van der Waals surface area (Å²) in [5.74, 6) is 1.95. The van der Waals surface area contributed by atoms with E-state index in [9.17, 15) is 0 Å². The Labute approximate surface area is 93.8 Å². The first-order valence-electron chi connectivity index (χ1n) is 5.91. The summed E-state index contributed by atoms with van der Waals surface area (Å²) in [5.41, 5.74) is 7.62. The highest BCUT2D eigenvalue weighted by atomic mass is 16.4. The second kappa shape index (κ2) is 3.54. The minimum atomic E-state index is 0.455. The quantitative estimate of drug-likeness (QED) is 0.800. The molecule has 2 aromatic heterocycles. The number of hydrogen-bond donors (Lipinski definition) is 1. The zero-order valence-corrected chi connectivity index (χ0v) is 9.45. The average molecular weight is 220 g/mol. The van der Waals surface area contributed by atoms with Crippen LogP contribution in [0.2, 0.25) is 0 Å². The summed E-state index contributed by atoms with van der Waals surface area (Å²) in [5, 5.41) is 0. The molecule has 1 fully saturated rings. The molecule has 0 bridgehead atoms. The van der Waals surface area contributed by atoms with Gasteiger partial charge in [0.1, 0.15) is 11.4 Å². The number of aromatic nitrogens is 1. The van der Waals surface area contributed by atoms with Gasteiger partial charge < -0.3 is 14.6 Å². The first-order valence-corrected chi connectivity index (χ1v) is 5.91. The Morgan fingerprint density at radius 2 is 1.94 bits per heavy atom. The van der Waals surface area contributed by atoms with Gasteiger partial charge in [-0.05, 0) is 19.8 Å². The molecule has 0 unspecified atom stereocenters. The first kappa shape index (κ1) is 9.75. The highest BCUT2D eigenvalue weighted by Gasteiger charge is 2.23. The maximum absolute atomic E-state index is 5.85. The molecule has 2 aromatic rings. The number of furan rings is 1. The van der Waals surface area contributed by atoms with Crippen LogP contribution in [-0.2, 0) is 0 Å². The van der Waals surface area contributed by atoms with E-state index in [0.717, 1.165) is 5.89 Å². The van der Waals surface area contributed by atoms with Gasteiger partial charge >= 0.3 is 0 Å². The predicted molar refractivity (Wildman–Crippen MR) is 61.3 cm³/mol. The van der Waals surface area contributed by atoms with E-state index in [1.165, 1.54) is 32.1 Å². The van der Waals surface area contributed by atoms with Gasteiger partial charge in [0.2, 0.25) is 11.5 Å². The number of nitrogens with two attached hydrogens (primary N) is 1. The minimum absolute atomic E-state index is 0.455. The van der Waals surface area contributed by atoms with Gasteiger partial charge in [0.25, 0.3) is 5.71 Å². The molecule has 1 saturated carbocycles. The molecule has 0 atom stereocenters. The average Bonchev–Trinajstić information content (AvgIpc) is 2.82. The van der Waals surface area contributed by atoms with Crippen molar-refractivity contribution in [2.75, 3.05) is 5.73 Å². The van der Waals surface area contributed by atoms with Crippen LogP contribution in [0.3, 0.4) is 0 Å². The Kier molecular flexibility index (Phi) is 2.16. The van der Waals surface area contributed by atoms with E-state index in [1.807, 2.05) is 6.92 Å². The van der Waals surface area contributed by atoms with Crippen molar-refractivity contribution in [3.8, 4) is 0 Å². The number of rotatable bonds is 1. The molecular weight excluding hydrogens is 204 g/mol. The van der Waals surface area contributed by atoms with Gasteiger partial charge in [0.05, 0.1) is 0 Å². The fraction of sp³-hybridized carbons (Fsp3) is 0.583. The van der Waals surface area contributed by atoms with Crippen LogP contribution in [0.4, 0.5) is 5.69 Å². The van der Waals surface area contributed by atoms with E-state index in [1.54, 1.807) is 0 Å². The fourth-order valence-corrected chi connectivity index (χ4v) is 2.45. The molecule has 1 aliphatic rings. The number of fused-ring (bicyclic) bond motifs is 1. The molecule has 0 spiro atoms. The molecule has 1 aliphatic carbocycles. The topological polar surface area (TPSA) is 65.2 Å². The van der Waals surface area contributed by atoms with Crippen molar-refractivity contribution >= 4 is 17.0 Å². The smallest absolute Gasteiger partial charge is 0.268 e. The minimum Gasteiger partial charge on any atom is -0.438 e. The molecule has 2 heterocycles. The van der Waals surface area contributed by atoms with Crippen molar-refractivity contribution in [3.05, 3.63) is 11.7 Å². The van der Waals surface area contributed by atoms with Gasteiger partial charge in [-0.15, -0.1) is 0 Å². The Hall–Kier alpha value is -1.45. The van der Waals surface area contributed by atoms with Crippen molar-refractivity contribution < 1.29 is 8.83 Å². The van der Waals surface area contributed by atoms with Gasteiger partial charge in [0, 0.05) is 5.92 Å². The van der Waals surface area contributed by atoms with Crippen LogP contribution in [0, 0.1) is 6.92 Å². The zero-order valence-electron chi connectivity index (χ0n) is 9.45. The molecule has 0 saturated heterocycles. The molecular formula is C12H16N2O2. The molecule has 0 amide bonds. The first-order chi connectivity index (χ1) is 7.75. The second-order valence-corrected chi connectivity index (χ2v) is 4.59. The summed E-state index contributed by atoms with van der Waals surface area (Å²) in [7, 11) is 0. The summed E-state index contributed by atoms with van der Waals surface area (Å²) >= 11 is 0. The molecule has 3 rings (SSSR count). The van der Waals surface area contributed by atoms with Crippen molar-refractivity contribution in [1.29, 1.82) is 0 Å². The lowest BCUT2D eigenvalue weighted by atomic mass is 9.89. The zero-order chi connectivity index (χ0) is 11.1. The molecule has 86 valence electrons. The molecule has 0 aliphatic heterocycles. The van der Waals surface area contributed by atoms with Gasteiger partial charge in [-0.3, -0.25) is 0 Å². The number of aryl methyl sites for hydroxylation is 1. The van der Waals surface area contributed by atoms with Crippen LogP contribution in [0.25, 0.3) is 11.3 Å². The highest BCUT2D eigenvalue weighted by Crippen LogP contribution is 2.36. The lowest BCUT2D eigenvalue weighted by Crippen LogP contribution is -2.04. The van der Waals surface area contributed by atoms with Crippen LogP contribution in [0.5, 0.6) is 0 Å². The Morgan fingerprint density at radius 3 is 2.62 bits per heavy atom. The molecule has 4 nitrogen and oxygen atoms in total. The number of anilines is 1. The Balaban J connectivity index is 1.98. The van der Waals surface area contributed by atoms with E-state index < -0.39 is 0 Å². The summed E-state index contributed by atoms with van der Waals surface area (Å²) in [6.07, 6.45) is 6.20. The second-order valence-electron chi connectivity index (χ2n) is 4.59. The normalized spacial score (nSPS) is 18.3. The number of oxazole rings is 1. The molecule has 4 heteroatoms. The third-order valence-corrected chi connectivity index (χ3v) is 3.44. The molecule has 16 heavy (non-hydrogen) atoms. The van der Waals surface area contributed by atoms with Crippen molar-refractivity contribution in [3.63, 3.8) is 0 Å². The summed E-state index contributed by atoms with van der Waals surface area (Å²) in [6, 6.07) is 0. The predicted octanol–water partition coefficient (Wildman–Crippen LogP) is 3.36. The fourth-order valence-electron chi connectivity index (χ4n) is 2.45. The SMILES string of the molecule is Cc1oc2nc(C3CCCCC3)oc2c1N. The van der Waals surface area contributed by atoms with Crippen LogP contribution >= 0.6 is 0 Å². The van der Waals surface area contributed by atoms with Crippen LogP contribution in [0.1, 0.15) is 49.7 Å². The van der Waals surface area contributed by atoms with Gasteiger partial charge in [-0.1, -0.05) is 19.3 Å². The Bertz CT molecular complexity index is 506. The van der Waals surface area contributed by atoms with Gasteiger partial charge in [0.15, 0.2) is 0 Å². The summed E-state index contributed by atoms with van der Waals surface area (Å²) in [6.45, 7) is 1.83. The van der Waals surface area contributed by atoms with Crippen LogP contribution in [-0.4, -0.2) is 4.98 Å². The lowest BCUT2D eigenvalue weighted by Gasteiger charge is -2.17. The third kappa shape index (κ3) is 1.40. The number of nitrogen functional groups attached to an aromatic ring is 1. The number of hydrogen-bond acceptors (Lipinski definition) is 4. The summed E-state index contributed by atoms with van der Waals surface area (Å²) < 4.78 is 11.2. The van der Waals surface area contributed by atoms with E-state index in [2.05, 4.69) is 4.98 Å². The maximum Gasteiger partial charge on any atom is 0.268 e. The van der Waals surface area contributed by atoms with Gasteiger partial charge in [-0.2, -0.15) is 4.98 Å². The van der Waals surface area contributed by atoms with E-state index in [4.69, 9.17) is 14.6 Å². The van der Waals surface area contributed by atoms with Crippen LogP contribution in [0.15, 0.2) is 8.83 Å². The standard InChI is InChI=1S/C12H16N2O2/c1-7-9(13)10-12(15-7)14-11(16-10)8-5-3-2-4-6-8/h8H,2-6,13H2,1H3. The molecule has 0 aromatic carbocycles. The van der Waals surface area contributed by atoms with E-state index in [0.29, 0.717) is 28.7 Å². The van der Waals surface area contributed by atoms with E-state index >= 15 is 0 Å². The largest absolute Gasteiger partial charge is 0.438 e. The molecule has 2 N–H and O–H groups in total. The lowest BCUT2D eigenvalue weighted by molar-refractivity contribution is 0.373. The summed E-state index contributed by atoms with van der Waals surface area (Å²) in [4.78, 5) is 4.40. The third-order valence-electron chi connectivity index (χ3n) is 3.44. The van der Waals surface area contributed by atoms with Crippen LogP contribution < -0.4 is 5.73 Å². The van der Waals surface area contributed by atoms with Gasteiger partial charge in [-0.25, -0.2) is 0 Å². The monoisotopic (exact) mass is 220 g/mol. The number of nitrogens with zero attached hydrogens (tertiary/aromatic N) is 1. The van der Waals surface area contributed by atoms with Crippen molar-refractivity contribution in [1.82, 2.24) is 4.98 Å². The molecule has 0 radical (unpaired) electrons. The maximum atomic E-state index is 5.85. The highest BCUT2D eigenvalue weighted by molar-refractivity contribution is 5.82. The van der Waals surface area contributed by atoms with E-state index in [-0.39, 0.29) is 0 Å². The van der Waals surface area contributed by atoms with Crippen molar-refractivity contribution in [2.45, 2.75) is 44.9 Å². The Morgan fingerprint density at radius 1 is 1.19 bits per heavy atom. The van der Waals surface area contributed by atoms with Crippen molar-refractivity contribution in [2.24, 2.45) is 0 Å².